The van der Waals surface area contributed by atoms with Gasteiger partial charge in [0.2, 0.25) is 5.91 Å². The molecule has 0 bridgehead atoms. The Kier molecular flexibility index (Phi) is 54.0. The van der Waals surface area contributed by atoms with Crippen molar-refractivity contribution in [1.29, 1.82) is 0 Å². The highest BCUT2D eigenvalue weighted by Gasteiger charge is 2.30. The van der Waals surface area contributed by atoms with Crippen molar-refractivity contribution in [3.8, 4) is 0 Å². The van der Waals surface area contributed by atoms with E-state index in [4.69, 9.17) is 13.8 Å². The number of carbonyl (C=O) groups excluding carboxylic acids is 2. The van der Waals surface area contributed by atoms with E-state index in [1.54, 1.807) is 0 Å². The molecule has 0 aromatic carbocycles. The number of rotatable bonds is 56. The van der Waals surface area contributed by atoms with Gasteiger partial charge >= 0.3 is 13.8 Å². The second-order valence-electron chi connectivity index (χ2n) is 22.3. The summed E-state index contributed by atoms with van der Waals surface area (Å²) in [5, 5.41) is 3.04. The lowest BCUT2D eigenvalue weighted by atomic mass is 10.0. The van der Waals surface area contributed by atoms with Crippen LogP contribution in [0, 0.1) is 0 Å². The SMILES string of the molecule is CC/C=C/C=C/C=C\CCCCCCCC(=O)NC(COP(=O)(O)OCC[N+](C)(C)C)C(/C=C\CCCCCCCCCCC)OC(=O)CCCCCCCCCCCCC/C=C\C/C=C\C/C=C\C/C=C\CCCCC. The van der Waals surface area contributed by atoms with Crippen molar-refractivity contribution >= 4 is 19.7 Å². The number of amides is 1. The van der Waals surface area contributed by atoms with Gasteiger partial charge in [0.25, 0.3) is 0 Å². The second-order valence-corrected chi connectivity index (χ2v) is 23.7. The van der Waals surface area contributed by atoms with Crippen LogP contribution in [0.1, 0.15) is 265 Å². The molecular weight excluding hydrogens is 976 g/mol. The lowest BCUT2D eigenvalue weighted by Gasteiger charge is -2.27. The fraction of sp³-hybridized carbons (Fsp3) is 0.731. The Hall–Kier alpha value is -3.07. The van der Waals surface area contributed by atoms with Gasteiger partial charge in [0.1, 0.15) is 19.3 Å². The van der Waals surface area contributed by atoms with Crippen LogP contribution in [0.15, 0.2) is 97.2 Å². The molecule has 0 aliphatic rings. The van der Waals surface area contributed by atoms with Gasteiger partial charge < -0.3 is 19.4 Å². The number of quaternary nitrogens is 1. The molecule has 3 atom stereocenters. The Bertz CT molecular complexity index is 1640. The summed E-state index contributed by atoms with van der Waals surface area (Å²) in [6.07, 6.45) is 75.6. The van der Waals surface area contributed by atoms with Crippen molar-refractivity contribution in [1.82, 2.24) is 5.32 Å². The largest absolute Gasteiger partial charge is 0.472 e. The molecule has 2 N–H and O–H groups in total. The highest BCUT2D eigenvalue weighted by atomic mass is 31.2. The molecule has 0 radical (unpaired) electrons. The van der Waals surface area contributed by atoms with Gasteiger partial charge in [-0.05, 0) is 96.0 Å². The minimum atomic E-state index is -4.46. The average molecular weight is 1100 g/mol. The molecule has 77 heavy (non-hydrogen) atoms. The molecule has 0 aliphatic carbocycles. The fourth-order valence-electron chi connectivity index (χ4n) is 8.69. The van der Waals surface area contributed by atoms with Crippen LogP contribution in [-0.4, -0.2) is 74.3 Å². The third kappa shape index (κ3) is 57.4. The van der Waals surface area contributed by atoms with Gasteiger partial charge in [-0.3, -0.25) is 18.6 Å². The first-order valence-electron chi connectivity index (χ1n) is 31.6. The van der Waals surface area contributed by atoms with Crippen LogP contribution in [0.5, 0.6) is 0 Å². The van der Waals surface area contributed by atoms with Gasteiger partial charge in [-0.2, -0.15) is 0 Å². The van der Waals surface area contributed by atoms with Gasteiger partial charge in [-0.15, -0.1) is 0 Å². The van der Waals surface area contributed by atoms with Crippen LogP contribution in [-0.2, 0) is 27.9 Å². The lowest BCUT2D eigenvalue weighted by molar-refractivity contribution is -0.870. The van der Waals surface area contributed by atoms with Gasteiger partial charge in [0.05, 0.1) is 33.8 Å². The number of phosphoric acid groups is 1. The summed E-state index contributed by atoms with van der Waals surface area (Å²) in [5.74, 6) is -0.536. The molecule has 0 saturated heterocycles. The number of unbranched alkanes of at least 4 members (excludes halogenated alkanes) is 28. The normalized spacial score (nSPS) is 14.3. The average Bonchev–Trinajstić information content (AvgIpc) is 3.39. The Balaban J connectivity index is 5.07. The van der Waals surface area contributed by atoms with E-state index in [9.17, 15) is 19.0 Å². The zero-order valence-electron chi connectivity index (χ0n) is 50.7. The van der Waals surface area contributed by atoms with E-state index < -0.39 is 20.0 Å². The molecule has 0 fully saturated rings. The molecule has 0 aromatic rings. The molecule has 0 saturated carbocycles. The summed E-state index contributed by atoms with van der Waals surface area (Å²) in [6.45, 7) is 6.82. The molecule has 0 spiro atoms. The second kappa shape index (κ2) is 56.2. The molecular formula is C67H120N2O7P+. The first-order valence-corrected chi connectivity index (χ1v) is 33.1. The van der Waals surface area contributed by atoms with Crippen LogP contribution >= 0.6 is 7.82 Å². The number of hydrogen-bond donors (Lipinski definition) is 2. The minimum absolute atomic E-state index is 0.0314. The predicted octanol–water partition coefficient (Wildman–Crippen LogP) is 19.6. The maximum atomic E-state index is 13.5. The molecule has 444 valence electrons. The minimum Gasteiger partial charge on any atom is -0.456 e. The molecule has 0 heterocycles. The van der Waals surface area contributed by atoms with Crippen LogP contribution in [0.4, 0.5) is 0 Å². The van der Waals surface area contributed by atoms with E-state index in [0.29, 0.717) is 17.4 Å². The Morgan fingerprint density at radius 2 is 0.883 bits per heavy atom. The number of carbonyl (C=O) groups is 2. The van der Waals surface area contributed by atoms with Crippen molar-refractivity contribution in [2.45, 2.75) is 277 Å². The first kappa shape index (κ1) is 73.9. The molecule has 10 heteroatoms. The maximum Gasteiger partial charge on any atom is 0.472 e. The van der Waals surface area contributed by atoms with E-state index >= 15 is 0 Å². The summed E-state index contributed by atoms with van der Waals surface area (Å²) >= 11 is 0. The highest BCUT2D eigenvalue weighted by Crippen LogP contribution is 2.43. The molecule has 3 unspecified atom stereocenters. The Labute approximate surface area is 475 Å². The number of phosphoric ester groups is 1. The number of hydrogen-bond acceptors (Lipinski definition) is 6. The number of likely N-dealkylation sites (N-methyl/N-ethyl adjacent to an activating group) is 1. The molecule has 0 aliphatic heterocycles. The fourth-order valence-corrected chi connectivity index (χ4v) is 9.42. The summed E-state index contributed by atoms with van der Waals surface area (Å²) in [5.41, 5.74) is 0. The van der Waals surface area contributed by atoms with E-state index in [2.05, 4.69) is 111 Å². The third-order valence-electron chi connectivity index (χ3n) is 13.6. The van der Waals surface area contributed by atoms with E-state index in [1.807, 2.05) is 33.3 Å². The van der Waals surface area contributed by atoms with Crippen LogP contribution < -0.4 is 5.32 Å². The number of esters is 1. The lowest BCUT2D eigenvalue weighted by Crippen LogP contribution is -2.47. The number of nitrogens with one attached hydrogen (secondary N) is 1. The third-order valence-corrected chi connectivity index (χ3v) is 14.6. The Morgan fingerprint density at radius 1 is 0.481 bits per heavy atom. The smallest absolute Gasteiger partial charge is 0.456 e. The van der Waals surface area contributed by atoms with Crippen molar-refractivity contribution in [3.05, 3.63) is 97.2 Å². The zero-order valence-corrected chi connectivity index (χ0v) is 51.6. The standard InChI is InChI=1S/C67H119N2O7P/c1-7-10-13-16-19-22-25-27-28-29-30-31-32-33-34-35-36-37-38-39-40-42-45-48-51-54-57-60-67(71)76-65(58-55-52-49-46-43-24-21-18-15-12-9-3)64(63-75-77(72,73)74-62-61-69(4,5)6)68-66(70)59-56-53-50-47-44-41-26-23-20-17-14-11-8-2/h11,14,17,19-20,22-23,26-28,30-31,33-34,55,58,64-65H,7-10,12-13,15-16,18,21,24-25,29,32,35-54,56-57,59-63H2,1-6H3,(H-,68,70,72,73)/p+1/b14-11+,20-17+,22-19-,26-23-,28-27-,31-30-,34-33-,58-55-. The molecule has 1 amide bonds. The van der Waals surface area contributed by atoms with E-state index in [-0.39, 0.29) is 31.5 Å². The van der Waals surface area contributed by atoms with Crippen LogP contribution in [0.2, 0.25) is 0 Å². The van der Waals surface area contributed by atoms with Crippen LogP contribution in [0.25, 0.3) is 0 Å². The van der Waals surface area contributed by atoms with Gasteiger partial charge in [0.15, 0.2) is 0 Å². The van der Waals surface area contributed by atoms with E-state index in [0.717, 1.165) is 103 Å². The van der Waals surface area contributed by atoms with Crippen molar-refractivity contribution < 1.29 is 37.3 Å². The molecule has 0 aromatic heterocycles. The summed E-state index contributed by atoms with van der Waals surface area (Å²) in [7, 11) is 1.47. The van der Waals surface area contributed by atoms with Crippen molar-refractivity contribution in [2.75, 3.05) is 40.9 Å². The summed E-state index contributed by atoms with van der Waals surface area (Å²) < 4.78 is 30.6. The molecule has 9 nitrogen and oxygen atoms in total. The van der Waals surface area contributed by atoms with Gasteiger partial charge in [-0.25, -0.2) is 4.57 Å². The summed E-state index contributed by atoms with van der Waals surface area (Å²) in [4.78, 5) is 37.6. The first-order chi connectivity index (χ1) is 37.4. The zero-order chi connectivity index (χ0) is 56.4. The van der Waals surface area contributed by atoms with Crippen LogP contribution in [0.3, 0.4) is 0 Å². The topological polar surface area (TPSA) is 111 Å². The van der Waals surface area contributed by atoms with Crippen molar-refractivity contribution in [2.24, 2.45) is 0 Å². The highest BCUT2D eigenvalue weighted by molar-refractivity contribution is 7.47. The molecule has 0 rings (SSSR count). The quantitative estimate of drug-likeness (QED) is 0.0156. The van der Waals surface area contributed by atoms with E-state index in [1.165, 1.54) is 128 Å². The van der Waals surface area contributed by atoms with Gasteiger partial charge in [0, 0.05) is 12.8 Å². The predicted molar refractivity (Wildman–Crippen MR) is 332 cm³/mol. The Morgan fingerprint density at radius 3 is 1.38 bits per heavy atom. The number of ether oxygens (including phenoxy) is 1. The number of allylic oxidation sites excluding steroid dienone is 15. The summed E-state index contributed by atoms with van der Waals surface area (Å²) in [6, 6.07) is -0.864. The van der Waals surface area contributed by atoms with Crippen molar-refractivity contribution in [3.63, 3.8) is 0 Å². The van der Waals surface area contributed by atoms with Gasteiger partial charge in [-0.1, -0.05) is 253 Å². The monoisotopic (exact) mass is 1100 g/mol. The number of nitrogens with zero attached hydrogens (tertiary/aromatic N) is 1. The maximum absolute atomic E-state index is 13.5.